The van der Waals surface area contributed by atoms with Crippen molar-refractivity contribution in [2.24, 2.45) is 0 Å². The number of nitrogens with one attached hydrogen (secondary N) is 2. The second-order valence-corrected chi connectivity index (χ2v) is 5.70. The summed E-state index contributed by atoms with van der Waals surface area (Å²) >= 11 is 0. The molecule has 0 atom stereocenters. The number of amides is 2. The van der Waals surface area contributed by atoms with Crippen LogP contribution in [0.3, 0.4) is 0 Å². The number of hydrazine groups is 1. The molecule has 0 fully saturated rings. The van der Waals surface area contributed by atoms with Crippen LogP contribution in [-0.4, -0.2) is 28.7 Å². The van der Waals surface area contributed by atoms with E-state index >= 15 is 0 Å². The Bertz CT molecular complexity index is 809. The second-order valence-electron chi connectivity index (χ2n) is 5.70. The Balaban J connectivity index is 1.89. The first-order chi connectivity index (χ1) is 11.9. The van der Waals surface area contributed by atoms with Gasteiger partial charge in [-0.05, 0) is 45.0 Å². The number of rotatable bonds is 5. The van der Waals surface area contributed by atoms with Gasteiger partial charge in [0.25, 0.3) is 11.8 Å². The Labute approximate surface area is 146 Å². The summed E-state index contributed by atoms with van der Waals surface area (Å²) in [6, 6.07) is 7.55. The summed E-state index contributed by atoms with van der Waals surface area (Å²) in [6.45, 7) is 5.71. The van der Waals surface area contributed by atoms with Crippen LogP contribution in [0.15, 0.2) is 30.3 Å². The lowest BCUT2D eigenvalue weighted by molar-refractivity contribution is -0.127. The van der Waals surface area contributed by atoms with E-state index in [-0.39, 0.29) is 12.5 Å². The largest absolute Gasteiger partial charge is 0.496 e. The molecular weight excluding hydrogens is 320 g/mol. The first-order valence-corrected chi connectivity index (χ1v) is 7.81. The third kappa shape index (κ3) is 5.20. The zero-order valence-electron chi connectivity index (χ0n) is 14.8. The molecule has 0 aliphatic carbocycles. The third-order valence-corrected chi connectivity index (χ3v) is 3.52. The first kappa shape index (κ1) is 18.3. The van der Waals surface area contributed by atoms with Crippen LogP contribution in [-0.2, 0) is 16.1 Å². The monoisotopic (exact) mass is 342 g/mol. The Morgan fingerprint density at radius 3 is 2.60 bits per heavy atom. The van der Waals surface area contributed by atoms with Crippen LogP contribution >= 0.6 is 0 Å². The lowest BCUT2D eigenvalue weighted by Crippen LogP contribution is -2.42. The maximum atomic E-state index is 11.9. The SMILES string of the molecule is COc1ccc(C)cc1/C=C/C(=O)NNC(=O)Cn1nc(C)cc1C. The quantitative estimate of drug-likeness (QED) is 0.639. The molecule has 0 radical (unpaired) electrons. The topological polar surface area (TPSA) is 85.3 Å². The zero-order chi connectivity index (χ0) is 18.4. The molecule has 25 heavy (non-hydrogen) atoms. The molecule has 0 aliphatic rings. The van der Waals surface area contributed by atoms with Gasteiger partial charge >= 0.3 is 0 Å². The average molecular weight is 342 g/mol. The van der Waals surface area contributed by atoms with Gasteiger partial charge in [-0.2, -0.15) is 5.10 Å². The Hall–Kier alpha value is -3.09. The molecule has 7 nitrogen and oxygen atoms in total. The van der Waals surface area contributed by atoms with Gasteiger partial charge < -0.3 is 4.74 Å². The van der Waals surface area contributed by atoms with Crippen molar-refractivity contribution < 1.29 is 14.3 Å². The van der Waals surface area contributed by atoms with E-state index in [2.05, 4.69) is 16.0 Å². The number of methoxy groups -OCH3 is 1. The van der Waals surface area contributed by atoms with Crippen LogP contribution in [0.1, 0.15) is 22.5 Å². The fourth-order valence-corrected chi connectivity index (χ4v) is 2.33. The van der Waals surface area contributed by atoms with Gasteiger partial charge in [-0.3, -0.25) is 25.1 Å². The van der Waals surface area contributed by atoms with E-state index in [1.165, 1.54) is 6.08 Å². The molecule has 132 valence electrons. The van der Waals surface area contributed by atoms with E-state index in [0.717, 1.165) is 22.5 Å². The molecule has 0 aliphatic heterocycles. The lowest BCUT2D eigenvalue weighted by atomic mass is 10.1. The molecule has 7 heteroatoms. The van der Waals surface area contributed by atoms with Crippen molar-refractivity contribution in [1.29, 1.82) is 0 Å². The molecule has 1 aromatic heterocycles. The summed E-state index contributed by atoms with van der Waals surface area (Å²) in [4.78, 5) is 23.7. The molecule has 0 bridgehead atoms. The summed E-state index contributed by atoms with van der Waals surface area (Å²) < 4.78 is 6.82. The van der Waals surface area contributed by atoms with Crippen LogP contribution in [0.2, 0.25) is 0 Å². The van der Waals surface area contributed by atoms with Crippen LogP contribution in [0.5, 0.6) is 5.75 Å². The normalized spacial score (nSPS) is 10.7. The predicted molar refractivity (Wildman–Crippen MR) is 94.8 cm³/mol. The zero-order valence-corrected chi connectivity index (χ0v) is 14.8. The number of aromatic nitrogens is 2. The lowest BCUT2D eigenvalue weighted by Gasteiger charge is -2.07. The van der Waals surface area contributed by atoms with Crippen LogP contribution in [0, 0.1) is 20.8 Å². The third-order valence-electron chi connectivity index (χ3n) is 3.52. The van der Waals surface area contributed by atoms with Gasteiger partial charge in [0.05, 0.1) is 12.8 Å². The van der Waals surface area contributed by atoms with Gasteiger partial charge in [0.15, 0.2) is 0 Å². The van der Waals surface area contributed by atoms with Crippen LogP contribution < -0.4 is 15.6 Å². The summed E-state index contributed by atoms with van der Waals surface area (Å²) in [6.07, 6.45) is 2.97. The van der Waals surface area contributed by atoms with Gasteiger partial charge in [0.1, 0.15) is 12.3 Å². The molecule has 2 amide bonds. The van der Waals surface area contributed by atoms with E-state index in [0.29, 0.717) is 5.75 Å². The Kier molecular flexibility index (Phi) is 5.94. The van der Waals surface area contributed by atoms with Gasteiger partial charge in [-0.1, -0.05) is 11.6 Å². The van der Waals surface area contributed by atoms with Crippen molar-refractivity contribution in [2.75, 3.05) is 7.11 Å². The average Bonchev–Trinajstić information content (AvgIpc) is 2.88. The standard InChI is InChI=1S/C18H22N4O3/c1-12-5-7-16(25-4)15(9-12)6-8-17(23)19-20-18(24)11-22-14(3)10-13(2)21-22/h5-10H,11H2,1-4H3,(H,19,23)(H,20,24)/b8-6+. The predicted octanol–water partition coefficient (Wildman–Crippen LogP) is 1.68. The van der Waals surface area contributed by atoms with E-state index in [4.69, 9.17) is 4.74 Å². The highest BCUT2D eigenvalue weighted by Gasteiger charge is 2.07. The Morgan fingerprint density at radius 2 is 1.96 bits per heavy atom. The highest BCUT2D eigenvalue weighted by atomic mass is 16.5. The summed E-state index contributed by atoms with van der Waals surface area (Å²) in [5.41, 5.74) is 8.26. The number of hydrogen-bond donors (Lipinski definition) is 2. The van der Waals surface area contributed by atoms with Crippen molar-refractivity contribution >= 4 is 17.9 Å². The molecular formula is C18H22N4O3. The van der Waals surface area contributed by atoms with Crippen molar-refractivity contribution in [3.8, 4) is 5.75 Å². The first-order valence-electron chi connectivity index (χ1n) is 7.81. The fourth-order valence-electron chi connectivity index (χ4n) is 2.33. The van der Waals surface area contributed by atoms with Gasteiger partial charge in [-0.15, -0.1) is 0 Å². The molecule has 0 saturated heterocycles. The van der Waals surface area contributed by atoms with E-state index in [9.17, 15) is 9.59 Å². The molecule has 0 spiro atoms. The smallest absolute Gasteiger partial charge is 0.262 e. The van der Waals surface area contributed by atoms with Crippen molar-refractivity contribution in [2.45, 2.75) is 27.3 Å². The second kappa shape index (κ2) is 8.14. The van der Waals surface area contributed by atoms with E-state index in [1.54, 1.807) is 17.9 Å². The van der Waals surface area contributed by atoms with Crippen LogP contribution in [0.4, 0.5) is 0 Å². The molecule has 2 aromatic rings. The number of carbonyl (C=O) groups excluding carboxylic acids is 2. The number of nitrogens with zero attached hydrogens (tertiary/aromatic N) is 2. The molecule has 1 aromatic carbocycles. The van der Waals surface area contributed by atoms with Crippen LogP contribution in [0.25, 0.3) is 6.08 Å². The van der Waals surface area contributed by atoms with Crippen molar-refractivity contribution in [3.63, 3.8) is 0 Å². The van der Waals surface area contributed by atoms with Crippen molar-refractivity contribution in [3.05, 3.63) is 52.9 Å². The highest BCUT2D eigenvalue weighted by molar-refractivity contribution is 5.93. The van der Waals surface area contributed by atoms with Gasteiger partial charge in [0, 0.05) is 17.3 Å². The number of hydrogen-bond acceptors (Lipinski definition) is 4. The number of aryl methyl sites for hydroxylation is 3. The molecule has 0 saturated carbocycles. The maximum Gasteiger partial charge on any atom is 0.262 e. The maximum absolute atomic E-state index is 11.9. The van der Waals surface area contributed by atoms with E-state index < -0.39 is 5.91 Å². The number of ether oxygens (including phenoxy) is 1. The minimum Gasteiger partial charge on any atom is -0.496 e. The summed E-state index contributed by atoms with van der Waals surface area (Å²) in [5, 5.41) is 4.20. The summed E-state index contributed by atoms with van der Waals surface area (Å²) in [5.74, 6) is -0.130. The summed E-state index contributed by atoms with van der Waals surface area (Å²) in [7, 11) is 1.57. The van der Waals surface area contributed by atoms with Crippen molar-refractivity contribution in [1.82, 2.24) is 20.6 Å². The van der Waals surface area contributed by atoms with Gasteiger partial charge in [0.2, 0.25) is 0 Å². The molecule has 0 unspecified atom stereocenters. The Morgan fingerprint density at radius 1 is 1.20 bits per heavy atom. The highest BCUT2D eigenvalue weighted by Crippen LogP contribution is 2.20. The van der Waals surface area contributed by atoms with Gasteiger partial charge in [-0.25, -0.2) is 0 Å². The van der Waals surface area contributed by atoms with E-state index in [1.807, 2.05) is 45.0 Å². The number of carbonyl (C=O) groups is 2. The molecule has 2 rings (SSSR count). The number of benzene rings is 1. The minimum atomic E-state index is -0.440. The molecule has 1 heterocycles. The minimum absolute atomic E-state index is 0.0371. The molecule has 2 N–H and O–H groups in total. The fraction of sp³-hybridized carbons (Fsp3) is 0.278.